The zero-order valence-corrected chi connectivity index (χ0v) is 10.7. The Balaban J connectivity index is 2.40. The van der Waals surface area contributed by atoms with Crippen molar-refractivity contribution in [2.75, 3.05) is 0 Å². The number of hydrogen-bond acceptors (Lipinski definition) is 3. The molecule has 0 bridgehead atoms. The lowest BCUT2D eigenvalue weighted by Crippen LogP contribution is -2.35. The molecule has 1 atom stereocenters. The minimum atomic E-state index is -4.94. The molecule has 1 aromatic rings. The van der Waals surface area contributed by atoms with E-state index in [-0.39, 0.29) is 11.6 Å². The number of rotatable bonds is 6. The van der Waals surface area contributed by atoms with Gasteiger partial charge in [0.05, 0.1) is 0 Å². The van der Waals surface area contributed by atoms with Gasteiger partial charge in [0.25, 0.3) is 0 Å². The van der Waals surface area contributed by atoms with Gasteiger partial charge in [0.15, 0.2) is 6.04 Å². The van der Waals surface area contributed by atoms with Gasteiger partial charge in [-0.05, 0) is 18.9 Å². The average molecular weight is 303 g/mol. The van der Waals surface area contributed by atoms with E-state index >= 15 is 0 Å². The van der Waals surface area contributed by atoms with Gasteiger partial charge in [-0.3, -0.25) is 4.79 Å². The first-order valence-corrected chi connectivity index (χ1v) is 6.13. The highest BCUT2D eigenvalue weighted by atomic mass is 19.4. The van der Waals surface area contributed by atoms with Crippen LogP contribution in [0.3, 0.4) is 0 Å². The number of nitrogens with zero attached hydrogens (tertiary/aromatic N) is 1. The van der Waals surface area contributed by atoms with Crippen molar-refractivity contribution in [1.82, 2.24) is 4.90 Å². The Hall–Kier alpha value is -2.25. The second kappa shape index (κ2) is 5.63. The summed E-state index contributed by atoms with van der Waals surface area (Å²) in [6, 6.07) is 3.15. The summed E-state index contributed by atoms with van der Waals surface area (Å²) in [7, 11) is 0. The molecule has 8 heteroatoms. The van der Waals surface area contributed by atoms with Gasteiger partial charge < -0.3 is 14.7 Å². The molecule has 1 aliphatic rings. The lowest BCUT2D eigenvalue weighted by molar-refractivity contribution is -0.275. The van der Waals surface area contributed by atoms with Crippen molar-refractivity contribution in [3.63, 3.8) is 0 Å². The maximum atomic E-state index is 12.4. The predicted octanol–water partition coefficient (Wildman–Crippen LogP) is 2.33. The molecule has 1 amide bonds. The SMILES string of the molecule is O=CN(C1CC1)C(C(=O)O)c1ccccc1OC(F)(F)F. The van der Waals surface area contributed by atoms with Gasteiger partial charge in [-0.25, -0.2) is 4.79 Å². The average Bonchev–Trinajstić information content (AvgIpc) is 3.19. The summed E-state index contributed by atoms with van der Waals surface area (Å²) in [4.78, 5) is 23.5. The number of hydrogen-bond donors (Lipinski definition) is 1. The Bertz CT molecular complexity index is 542. The fourth-order valence-electron chi connectivity index (χ4n) is 2.08. The molecule has 0 saturated heterocycles. The molecule has 0 aromatic heterocycles. The minimum Gasteiger partial charge on any atom is -0.479 e. The van der Waals surface area contributed by atoms with Crippen molar-refractivity contribution in [2.24, 2.45) is 0 Å². The minimum absolute atomic E-state index is 0.207. The highest BCUT2D eigenvalue weighted by molar-refractivity contribution is 5.79. The number of carbonyl (C=O) groups is 2. The Morgan fingerprint density at radius 2 is 2.00 bits per heavy atom. The first kappa shape index (κ1) is 15.1. The lowest BCUT2D eigenvalue weighted by atomic mass is 10.0. The molecule has 2 rings (SSSR count). The van der Waals surface area contributed by atoms with E-state index in [2.05, 4.69) is 4.74 Å². The molecule has 1 saturated carbocycles. The molecular weight excluding hydrogens is 291 g/mol. The van der Waals surface area contributed by atoms with Crippen molar-refractivity contribution < 1.29 is 32.6 Å². The van der Waals surface area contributed by atoms with Gasteiger partial charge in [-0.1, -0.05) is 18.2 Å². The van der Waals surface area contributed by atoms with Crippen LogP contribution in [0.1, 0.15) is 24.4 Å². The van der Waals surface area contributed by atoms with Crippen molar-refractivity contribution in [2.45, 2.75) is 31.3 Å². The highest BCUT2D eigenvalue weighted by Gasteiger charge is 2.40. The number of aliphatic carboxylic acids is 1. The molecule has 1 fully saturated rings. The first-order valence-electron chi connectivity index (χ1n) is 6.13. The van der Waals surface area contributed by atoms with Gasteiger partial charge in [0.2, 0.25) is 6.41 Å². The molecule has 0 radical (unpaired) electrons. The molecule has 5 nitrogen and oxygen atoms in total. The first-order chi connectivity index (χ1) is 9.83. The molecule has 1 aromatic carbocycles. The summed E-state index contributed by atoms with van der Waals surface area (Å²) in [5, 5.41) is 9.29. The molecule has 1 unspecified atom stereocenters. The zero-order valence-electron chi connectivity index (χ0n) is 10.7. The second-order valence-electron chi connectivity index (χ2n) is 4.61. The van der Waals surface area contributed by atoms with Crippen molar-refractivity contribution in [1.29, 1.82) is 0 Å². The fourth-order valence-corrected chi connectivity index (χ4v) is 2.08. The van der Waals surface area contributed by atoms with Crippen LogP contribution < -0.4 is 4.74 Å². The number of halogens is 3. The van der Waals surface area contributed by atoms with Crippen molar-refractivity contribution >= 4 is 12.4 Å². The third-order valence-electron chi connectivity index (χ3n) is 3.06. The Kier molecular flexibility index (Phi) is 4.06. The number of carboxylic acid groups (broad SMARTS) is 1. The second-order valence-corrected chi connectivity index (χ2v) is 4.61. The van der Waals surface area contributed by atoms with Crippen LogP contribution in [0.25, 0.3) is 0 Å². The molecule has 1 aliphatic carbocycles. The van der Waals surface area contributed by atoms with Crippen molar-refractivity contribution in [3.05, 3.63) is 29.8 Å². The van der Waals surface area contributed by atoms with E-state index in [0.717, 1.165) is 11.0 Å². The third-order valence-corrected chi connectivity index (χ3v) is 3.06. The monoisotopic (exact) mass is 303 g/mol. The van der Waals surface area contributed by atoms with E-state index in [4.69, 9.17) is 0 Å². The van der Waals surface area contributed by atoms with Gasteiger partial charge >= 0.3 is 12.3 Å². The number of alkyl halides is 3. The largest absolute Gasteiger partial charge is 0.573 e. The van der Waals surface area contributed by atoms with Gasteiger partial charge in [0.1, 0.15) is 5.75 Å². The maximum Gasteiger partial charge on any atom is 0.573 e. The van der Waals surface area contributed by atoms with Crippen LogP contribution in [0, 0.1) is 0 Å². The van der Waals surface area contributed by atoms with Crippen LogP contribution in [0.4, 0.5) is 13.2 Å². The number of ether oxygens (including phenoxy) is 1. The number of amides is 1. The predicted molar refractivity (Wildman–Crippen MR) is 64.4 cm³/mol. The number of benzene rings is 1. The lowest BCUT2D eigenvalue weighted by Gasteiger charge is -2.26. The quantitative estimate of drug-likeness (QED) is 0.819. The van der Waals surface area contributed by atoms with E-state index in [1.165, 1.54) is 18.2 Å². The summed E-state index contributed by atoms with van der Waals surface area (Å²) < 4.78 is 41.0. The molecular formula is C13H12F3NO4. The number of carbonyl (C=O) groups excluding carboxylic acids is 1. The van der Waals surface area contributed by atoms with Crippen molar-refractivity contribution in [3.8, 4) is 5.75 Å². The summed E-state index contributed by atoms with van der Waals surface area (Å²) in [5.74, 6) is -2.03. The van der Waals surface area contributed by atoms with Crippen LogP contribution in [0.15, 0.2) is 24.3 Å². The highest BCUT2D eigenvalue weighted by Crippen LogP contribution is 2.38. The smallest absolute Gasteiger partial charge is 0.479 e. The maximum absolute atomic E-state index is 12.4. The molecule has 0 spiro atoms. The molecule has 1 N–H and O–H groups in total. The number of para-hydroxylation sites is 1. The topological polar surface area (TPSA) is 66.8 Å². The van der Waals surface area contributed by atoms with E-state index in [1.807, 2.05) is 0 Å². The van der Waals surface area contributed by atoms with Gasteiger partial charge in [-0.2, -0.15) is 0 Å². The Labute approximate surface area is 117 Å². The number of carboxylic acids is 1. The summed E-state index contributed by atoms with van der Waals surface area (Å²) >= 11 is 0. The standard InChI is InChI=1S/C13H12F3NO4/c14-13(15,16)21-10-4-2-1-3-9(10)11(12(19)20)17(7-18)8-5-6-8/h1-4,7-8,11H,5-6H2,(H,19,20). The summed E-state index contributed by atoms with van der Waals surface area (Å²) in [6.07, 6.45) is -3.33. The normalized spacial score (nSPS) is 16.1. The molecule has 21 heavy (non-hydrogen) atoms. The van der Waals surface area contributed by atoms with Crippen LogP contribution in [-0.2, 0) is 9.59 Å². The van der Waals surface area contributed by atoms with E-state index in [1.54, 1.807) is 0 Å². The Morgan fingerprint density at radius 3 is 2.48 bits per heavy atom. The third kappa shape index (κ3) is 3.65. The fraction of sp³-hybridized carbons (Fsp3) is 0.385. The van der Waals surface area contributed by atoms with Crippen LogP contribution in [0.2, 0.25) is 0 Å². The Morgan fingerprint density at radius 1 is 1.38 bits per heavy atom. The molecule has 114 valence electrons. The summed E-state index contributed by atoms with van der Waals surface area (Å²) in [5.41, 5.74) is -0.207. The molecule has 0 heterocycles. The van der Waals surface area contributed by atoms with Crippen LogP contribution in [0.5, 0.6) is 5.75 Å². The van der Waals surface area contributed by atoms with Crippen LogP contribution >= 0.6 is 0 Å². The van der Waals surface area contributed by atoms with Gasteiger partial charge in [0, 0.05) is 11.6 Å². The van der Waals surface area contributed by atoms with E-state index in [0.29, 0.717) is 19.3 Å². The molecule has 0 aliphatic heterocycles. The van der Waals surface area contributed by atoms with Crippen LogP contribution in [-0.4, -0.2) is 34.8 Å². The summed E-state index contributed by atoms with van der Waals surface area (Å²) in [6.45, 7) is 0. The van der Waals surface area contributed by atoms with Gasteiger partial charge in [-0.15, -0.1) is 13.2 Å². The van der Waals surface area contributed by atoms with E-state index in [9.17, 15) is 27.9 Å². The van der Waals surface area contributed by atoms with E-state index < -0.39 is 24.1 Å². The zero-order chi connectivity index (χ0) is 15.6.